The first kappa shape index (κ1) is 35.7. The molecule has 21 heteroatoms. The van der Waals surface area contributed by atoms with Crippen LogP contribution in [0.25, 0.3) is 21.5 Å². The molecule has 0 spiro atoms. The zero-order valence-electron chi connectivity index (χ0n) is 25.5. The van der Waals surface area contributed by atoms with Gasteiger partial charge < -0.3 is 20.9 Å². The molecule has 0 unspecified atom stereocenters. The van der Waals surface area contributed by atoms with Crippen molar-refractivity contribution in [2.24, 2.45) is 20.5 Å². The van der Waals surface area contributed by atoms with Crippen LogP contribution in [0.15, 0.2) is 102 Å². The van der Waals surface area contributed by atoms with Crippen LogP contribution in [0.3, 0.4) is 0 Å². The van der Waals surface area contributed by atoms with Crippen LogP contribution in [0.1, 0.15) is 6.92 Å². The van der Waals surface area contributed by atoms with Gasteiger partial charge in [-0.15, -0.1) is 20.5 Å². The SMILES string of the molecule is COc1cc(N=Nc2ccc3ccccc3c2S(=O)(=O)O)c(NC(C)=O)cc1N=Nc1c(S(=O)(=O)O)cc2cc(S(=O)(=O)O)cc(N)c2c1O. The molecule has 50 heavy (non-hydrogen) atoms. The van der Waals surface area contributed by atoms with Crippen LogP contribution in [-0.4, -0.2) is 57.0 Å². The number of carbonyl (C=O) groups excluding carboxylic acids is 1. The minimum atomic E-state index is -5.16. The number of carbonyl (C=O) groups is 1. The molecular formula is C29H24N6O12S3. The highest BCUT2D eigenvalue weighted by Crippen LogP contribution is 2.46. The molecule has 0 aromatic heterocycles. The first-order chi connectivity index (χ1) is 23.3. The van der Waals surface area contributed by atoms with E-state index >= 15 is 0 Å². The van der Waals surface area contributed by atoms with E-state index in [0.717, 1.165) is 25.1 Å². The molecule has 0 atom stereocenters. The maximum absolute atomic E-state index is 12.3. The zero-order valence-corrected chi connectivity index (χ0v) is 27.9. The number of fused-ring (bicyclic) bond motifs is 2. The fraction of sp³-hybridized carbons (Fsp3) is 0.0690. The van der Waals surface area contributed by atoms with Crippen molar-refractivity contribution >= 4 is 91.9 Å². The number of amides is 1. The number of phenols is 1. The fourth-order valence-corrected chi connectivity index (χ4v) is 6.94. The summed E-state index contributed by atoms with van der Waals surface area (Å²) in [7, 11) is -13.6. The van der Waals surface area contributed by atoms with E-state index in [-0.39, 0.29) is 44.7 Å². The number of hydrogen-bond acceptors (Lipinski definition) is 14. The number of aromatic hydroxyl groups is 1. The van der Waals surface area contributed by atoms with Gasteiger partial charge in [-0.05, 0) is 41.1 Å². The van der Waals surface area contributed by atoms with Gasteiger partial charge in [0.25, 0.3) is 30.4 Å². The van der Waals surface area contributed by atoms with Gasteiger partial charge >= 0.3 is 0 Å². The van der Waals surface area contributed by atoms with E-state index in [1.54, 1.807) is 24.3 Å². The molecule has 1 amide bonds. The van der Waals surface area contributed by atoms with Crippen LogP contribution in [-0.2, 0) is 35.1 Å². The Morgan fingerprint density at radius 1 is 0.760 bits per heavy atom. The first-order valence-electron chi connectivity index (χ1n) is 13.7. The third-order valence-electron chi connectivity index (χ3n) is 6.98. The average molecular weight is 745 g/mol. The second kappa shape index (κ2) is 13.0. The number of nitrogens with zero attached hydrogens (tertiary/aromatic N) is 4. The lowest BCUT2D eigenvalue weighted by Gasteiger charge is -2.13. The van der Waals surface area contributed by atoms with Gasteiger partial charge in [-0.25, -0.2) is 0 Å². The molecule has 260 valence electrons. The molecule has 18 nitrogen and oxygen atoms in total. The molecule has 5 aromatic rings. The number of nitrogens with two attached hydrogens (primary N) is 1. The molecule has 5 rings (SSSR count). The second-order valence-corrected chi connectivity index (χ2v) is 14.5. The van der Waals surface area contributed by atoms with Gasteiger partial charge in [0, 0.05) is 29.4 Å². The molecule has 5 aromatic carbocycles. The van der Waals surface area contributed by atoms with Crippen molar-refractivity contribution in [2.45, 2.75) is 21.6 Å². The fourth-order valence-electron chi connectivity index (χ4n) is 4.90. The Bertz CT molecular complexity index is 2640. The van der Waals surface area contributed by atoms with Gasteiger partial charge in [0.15, 0.2) is 5.75 Å². The Hall–Kier alpha value is -5.58. The molecule has 0 radical (unpaired) electrons. The summed E-state index contributed by atoms with van der Waals surface area (Å²) in [5.41, 5.74) is 4.05. The van der Waals surface area contributed by atoms with Crippen LogP contribution in [0.4, 0.5) is 34.1 Å². The van der Waals surface area contributed by atoms with Gasteiger partial charge in [-0.3, -0.25) is 18.5 Å². The third-order valence-corrected chi connectivity index (χ3v) is 9.62. The van der Waals surface area contributed by atoms with Crippen LogP contribution in [0, 0.1) is 0 Å². The summed E-state index contributed by atoms with van der Waals surface area (Å²) in [4.78, 5) is 9.83. The Labute approximate surface area is 283 Å². The van der Waals surface area contributed by atoms with Crippen LogP contribution in [0.5, 0.6) is 11.5 Å². The van der Waals surface area contributed by atoms with Crippen molar-refractivity contribution in [3.05, 3.63) is 66.7 Å². The molecule has 0 saturated heterocycles. The van der Waals surface area contributed by atoms with E-state index in [0.29, 0.717) is 5.39 Å². The average Bonchev–Trinajstić information content (AvgIpc) is 3.01. The quantitative estimate of drug-likeness (QED) is 0.0590. The van der Waals surface area contributed by atoms with Crippen LogP contribution in [0.2, 0.25) is 0 Å². The van der Waals surface area contributed by atoms with E-state index in [2.05, 4.69) is 25.8 Å². The summed E-state index contributed by atoms with van der Waals surface area (Å²) in [5, 5.41) is 29.4. The van der Waals surface area contributed by atoms with Crippen molar-refractivity contribution in [3.63, 3.8) is 0 Å². The van der Waals surface area contributed by atoms with Gasteiger partial charge in [0.2, 0.25) is 5.91 Å². The number of anilines is 2. The summed E-state index contributed by atoms with van der Waals surface area (Å²) in [6.07, 6.45) is 0. The summed E-state index contributed by atoms with van der Waals surface area (Å²) >= 11 is 0. The number of hydrogen-bond donors (Lipinski definition) is 6. The number of nitrogen functional groups attached to an aromatic ring is 1. The van der Waals surface area contributed by atoms with Gasteiger partial charge in [-0.2, -0.15) is 25.3 Å². The molecule has 0 bridgehead atoms. The van der Waals surface area contributed by atoms with Crippen molar-refractivity contribution in [1.29, 1.82) is 0 Å². The molecule has 0 aliphatic carbocycles. The smallest absolute Gasteiger partial charge is 0.297 e. The number of phenolic OH excluding ortho intramolecular Hbond substituents is 1. The molecule has 0 heterocycles. The third kappa shape index (κ3) is 7.22. The van der Waals surface area contributed by atoms with Gasteiger partial charge in [0.1, 0.15) is 38.3 Å². The Kier molecular flexibility index (Phi) is 9.31. The van der Waals surface area contributed by atoms with Crippen molar-refractivity contribution in [1.82, 2.24) is 0 Å². The van der Waals surface area contributed by atoms with Crippen molar-refractivity contribution < 1.29 is 53.5 Å². The Morgan fingerprint density at radius 2 is 1.42 bits per heavy atom. The number of nitrogens with one attached hydrogen (secondary N) is 1. The van der Waals surface area contributed by atoms with E-state index in [4.69, 9.17) is 10.5 Å². The number of benzene rings is 5. The highest BCUT2D eigenvalue weighted by Gasteiger charge is 2.25. The van der Waals surface area contributed by atoms with Gasteiger partial charge in [-0.1, -0.05) is 30.3 Å². The van der Waals surface area contributed by atoms with Crippen LogP contribution >= 0.6 is 0 Å². The molecule has 0 aliphatic rings. The van der Waals surface area contributed by atoms with Crippen molar-refractivity contribution in [2.75, 3.05) is 18.2 Å². The standard InChI is InChI=1S/C29H24N6O12S3/c1-14(36)31-21-12-23(24(47-2)13-22(21)33-32-20-8-7-15-5-3-4-6-18(15)29(20)50(44,45)46)34-35-27-25(49(41,42)43)10-16-9-17(48(38,39)40)11-19(30)26(16)28(27)37/h3-13,37H,30H2,1-2H3,(H,31,36)(H,38,39,40)(H,41,42,43)(H,44,45,46). The number of methoxy groups -OCH3 is 1. The predicted molar refractivity (Wildman–Crippen MR) is 179 cm³/mol. The van der Waals surface area contributed by atoms with Crippen molar-refractivity contribution in [3.8, 4) is 11.5 Å². The first-order valence-corrected chi connectivity index (χ1v) is 18.0. The second-order valence-electron chi connectivity index (χ2n) is 10.4. The Balaban J connectivity index is 1.67. The highest BCUT2D eigenvalue weighted by atomic mass is 32.2. The summed E-state index contributed by atoms with van der Waals surface area (Å²) in [6, 6.07) is 13.9. The summed E-state index contributed by atoms with van der Waals surface area (Å²) in [5.74, 6) is -1.65. The lowest BCUT2D eigenvalue weighted by atomic mass is 10.1. The molecular weight excluding hydrogens is 721 g/mol. The lowest BCUT2D eigenvalue weighted by Crippen LogP contribution is -2.06. The summed E-state index contributed by atoms with van der Waals surface area (Å²) in [6.45, 7) is 1.16. The molecule has 0 fully saturated rings. The van der Waals surface area contributed by atoms with Gasteiger partial charge in [0.05, 0.1) is 17.7 Å². The predicted octanol–water partition coefficient (Wildman–Crippen LogP) is 5.82. The zero-order chi connectivity index (χ0) is 36.8. The molecule has 7 N–H and O–H groups in total. The molecule has 0 saturated carbocycles. The largest absolute Gasteiger partial charge is 0.505 e. The molecule has 0 aliphatic heterocycles. The summed E-state index contributed by atoms with van der Waals surface area (Å²) < 4.78 is 107. The maximum atomic E-state index is 12.3. The normalized spacial score (nSPS) is 12.7. The lowest BCUT2D eigenvalue weighted by molar-refractivity contribution is -0.114. The number of rotatable bonds is 9. The Morgan fingerprint density at radius 3 is 2.04 bits per heavy atom. The maximum Gasteiger partial charge on any atom is 0.297 e. The number of azo groups is 2. The topological polar surface area (TPSA) is 297 Å². The van der Waals surface area contributed by atoms with E-state index < -0.39 is 68.1 Å². The monoisotopic (exact) mass is 744 g/mol. The van der Waals surface area contributed by atoms with E-state index in [9.17, 15) is 48.8 Å². The minimum Gasteiger partial charge on any atom is -0.505 e. The minimum absolute atomic E-state index is 0.0788. The highest BCUT2D eigenvalue weighted by molar-refractivity contribution is 7.86. The van der Waals surface area contributed by atoms with Crippen LogP contribution < -0.4 is 15.8 Å². The van der Waals surface area contributed by atoms with E-state index in [1.165, 1.54) is 31.4 Å². The van der Waals surface area contributed by atoms with E-state index in [1.807, 2.05) is 0 Å². The number of ether oxygens (including phenoxy) is 1.